The molecule has 2 rings (SSSR count). The Bertz CT molecular complexity index is 379. The van der Waals surface area contributed by atoms with Crippen LogP contribution in [0.3, 0.4) is 0 Å². The molecule has 1 heterocycles. The summed E-state index contributed by atoms with van der Waals surface area (Å²) >= 11 is 0. The van der Waals surface area contributed by atoms with Gasteiger partial charge in [0.1, 0.15) is 0 Å². The van der Waals surface area contributed by atoms with Gasteiger partial charge in [-0.3, -0.25) is 4.90 Å². The molecule has 1 N–H and O–H groups in total. The number of sulfone groups is 1. The van der Waals surface area contributed by atoms with Crippen LogP contribution < -0.4 is 5.32 Å². The number of ether oxygens (including phenoxy) is 1. The van der Waals surface area contributed by atoms with E-state index in [0.717, 1.165) is 52.1 Å². The maximum Gasteiger partial charge on any atom is 0.151 e. The fraction of sp³-hybridized carbons (Fsp3) is 1.00. The van der Waals surface area contributed by atoms with E-state index in [-0.39, 0.29) is 11.3 Å². The lowest BCUT2D eigenvalue weighted by molar-refractivity contribution is 0.0339. The maximum atomic E-state index is 11.7. The van der Waals surface area contributed by atoms with Gasteiger partial charge in [-0.15, -0.1) is 0 Å². The van der Waals surface area contributed by atoms with E-state index >= 15 is 0 Å². The van der Waals surface area contributed by atoms with E-state index in [4.69, 9.17) is 4.74 Å². The van der Waals surface area contributed by atoms with Gasteiger partial charge in [0.05, 0.1) is 18.5 Å². The predicted molar refractivity (Wildman–Crippen MR) is 76.1 cm³/mol. The molecule has 3 atom stereocenters. The Morgan fingerprint density at radius 1 is 1.32 bits per heavy atom. The molecule has 2 fully saturated rings. The molecule has 0 radical (unpaired) electrons. The zero-order valence-corrected chi connectivity index (χ0v) is 12.8. The summed E-state index contributed by atoms with van der Waals surface area (Å²) in [6.07, 6.45) is 4.16. The molecule has 0 aromatic carbocycles. The molecule has 0 spiro atoms. The van der Waals surface area contributed by atoms with Crippen molar-refractivity contribution in [1.82, 2.24) is 10.2 Å². The third-order valence-electron chi connectivity index (χ3n) is 4.14. The van der Waals surface area contributed by atoms with Gasteiger partial charge in [0, 0.05) is 38.0 Å². The first kappa shape index (κ1) is 15.2. The summed E-state index contributed by atoms with van der Waals surface area (Å²) in [5.41, 5.74) is 0. The average Bonchev–Trinajstić information content (AvgIpc) is 2.78. The molecule has 2 aliphatic rings. The molecule has 0 aromatic heterocycles. The molecule has 1 saturated heterocycles. The van der Waals surface area contributed by atoms with Crippen molar-refractivity contribution in [3.63, 3.8) is 0 Å². The summed E-state index contributed by atoms with van der Waals surface area (Å²) < 4.78 is 28.8. The number of nitrogens with zero attached hydrogens (tertiary/aromatic N) is 1. The minimum absolute atomic E-state index is 0.131. The second kappa shape index (κ2) is 6.52. The van der Waals surface area contributed by atoms with Gasteiger partial charge in [0.25, 0.3) is 0 Å². The van der Waals surface area contributed by atoms with Crippen molar-refractivity contribution < 1.29 is 13.2 Å². The first-order chi connectivity index (χ1) is 8.97. The van der Waals surface area contributed by atoms with E-state index in [1.54, 1.807) is 0 Å². The SMILES string of the molecule is CC(CN1CCOCC1)NC1CCCC1S(C)(=O)=O. The highest BCUT2D eigenvalue weighted by Crippen LogP contribution is 2.25. The van der Waals surface area contributed by atoms with Crippen molar-refractivity contribution in [2.75, 3.05) is 39.1 Å². The van der Waals surface area contributed by atoms with E-state index in [2.05, 4.69) is 17.1 Å². The first-order valence-corrected chi connectivity index (χ1v) is 9.17. The van der Waals surface area contributed by atoms with E-state index in [1.165, 1.54) is 6.26 Å². The summed E-state index contributed by atoms with van der Waals surface area (Å²) in [6, 6.07) is 0.455. The normalized spacial score (nSPS) is 31.5. The van der Waals surface area contributed by atoms with E-state index < -0.39 is 9.84 Å². The third kappa shape index (κ3) is 4.41. The van der Waals surface area contributed by atoms with E-state index in [1.807, 2.05) is 0 Å². The number of hydrogen-bond acceptors (Lipinski definition) is 5. The van der Waals surface area contributed by atoms with Crippen LogP contribution in [0.1, 0.15) is 26.2 Å². The summed E-state index contributed by atoms with van der Waals surface area (Å²) in [5.74, 6) is 0. The summed E-state index contributed by atoms with van der Waals surface area (Å²) in [6.45, 7) is 6.69. The molecular weight excluding hydrogens is 264 g/mol. The van der Waals surface area contributed by atoms with Gasteiger partial charge >= 0.3 is 0 Å². The highest BCUT2D eigenvalue weighted by Gasteiger charge is 2.35. The molecule has 0 amide bonds. The lowest BCUT2D eigenvalue weighted by Gasteiger charge is -2.31. The summed E-state index contributed by atoms with van der Waals surface area (Å²) in [7, 11) is -2.93. The Morgan fingerprint density at radius 3 is 2.63 bits per heavy atom. The molecule has 1 aliphatic heterocycles. The lowest BCUT2D eigenvalue weighted by atomic mass is 10.2. The van der Waals surface area contributed by atoms with Crippen LogP contribution in [0.15, 0.2) is 0 Å². The molecule has 3 unspecified atom stereocenters. The fourth-order valence-corrected chi connectivity index (χ4v) is 4.62. The van der Waals surface area contributed by atoms with Crippen LogP contribution in [0.2, 0.25) is 0 Å². The van der Waals surface area contributed by atoms with Crippen LogP contribution in [-0.2, 0) is 14.6 Å². The molecule has 6 heteroatoms. The summed E-state index contributed by atoms with van der Waals surface area (Å²) in [4.78, 5) is 2.38. The molecule has 1 aliphatic carbocycles. The standard InChI is InChI=1S/C13H26N2O3S/c1-11(10-15-6-8-18-9-7-15)14-12-4-3-5-13(12)19(2,16)17/h11-14H,3-10H2,1-2H3. The molecule has 0 bridgehead atoms. The predicted octanol–water partition coefficient (Wildman–Crippen LogP) is 0.262. The Labute approximate surface area is 116 Å². The van der Waals surface area contributed by atoms with Crippen LogP contribution in [0.25, 0.3) is 0 Å². The minimum atomic E-state index is -2.93. The number of morpholine rings is 1. The fourth-order valence-electron chi connectivity index (χ4n) is 3.22. The van der Waals surface area contributed by atoms with Crippen LogP contribution >= 0.6 is 0 Å². The molecule has 19 heavy (non-hydrogen) atoms. The Kier molecular flexibility index (Phi) is 5.22. The van der Waals surface area contributed by atoms with Crippen molar-refractivity contribution in [2.45, 2.75) is 43.5 Å². The van der Waals surface area contributed by atoms with E-state index in [9.17, 15) is 8.42 Å². The number of rotatable bonds is 5. The third-order valence-corrected chi connectivity index (χ3v) is 5.80. The Morgan fingerprint density at radius 2 is 2.00 bits per heavy atom. The van der Waals surface area contributed by atoms with Gasteiger partial charge < -0.3 is 10.1 Å². The first-order valence-electron chi connectivity index (χ1n) is 7.22. The zero-order chi connectivity index (χ0) is 13.9. The van der Waals surface area contributed by atoms with E-state index in [0.29, 0.717) is 6.04 Å². The molecular formula is C13H26N2O3S. The second-order valence-electron chi connectivity index (χ2n) is 5.89. The maximum absolute atomic E-state index is 11.7. The van der Waals surface area contributed by atoms with Crippen molar-refractivity contribution in [3.05, 3.63) is 0 Å². The molecule has 0 aromatic rings. The molecule has 112 valence electrons. The lowest BCUT2D eigenvalue weighted by Crippen LogP contribution is -2.50. The largest absolute Gasteiger partial charge is 0.379 e. The van der Waals surface area contributed by atoms with Crippen molar-refractivity contribution in [2.24, 2.45) is 0 Å². The van der Waals surface area contributed by atoms with Crippen LogP contribution in [0, 0.1) is 0 Å². The number of nitrogens with one attached hydrogen (secondary N) is 1. The quantitative estimate of drug-likeness (QED) is 0.787. The van der Waals surface area contributed by atoms with Crippen LogP contribution in [-0.4, -0.2) is 69.8 Å². The van der Waals surface area contributed by atoms with Gasteiger partial charge in [-0.25, -0.2) is 8.42 Å². The Balaban J connectivity index is 1.82. The van der Waals surface area contributed by atoms with Gasteiger partial charge in [-0.1, -0.05) is 6.42 Å². The van der Waals surface area contributed by atoms with Crippen LogP contribution in [0.5, 0.6) is 0 Å². The van der Waals surface area contributed by atoms with Gasteiger partial charge in [-0.05, 0) is 19.8 Å². The van der Waals surface area contributed by atoms with Crippen LogP contribution in [0.4, 0.5) is 0 Å². The average molecular weight is 290 g/mol. The zero-order valence-electron chi connectivity index (χ0n) is 12.0. The van der Waals surface area contributed by atoms with Crippen molar-refractivity contribution in [3.8, 4) is 0 Å². The monoisotopic (exact) mass is 290 g/mol. The second-order valence-corrected chi connectivity index (χ2v) is 8.15. The molecule has 5 nitrogen and oxygen atoms in total. The highest BCUT2D eigenvalue weighted by molar-refractivity contribution is 7.91. The van der Waals surface area contributed by atoms with Crippen molar-refractivity contribution in [1.29, 1.82) is 0 Å². The Hall–Kier alpha value is -0.170. The van der Waals surface area contributed by atoms with Gasteiger partial charge in [0.15, 0.2) is 9.84 Å². The van der Waals surface area contributed by atoms with Gasteiger partial charge in [0.2, 0.25) is 0 Å². The molecule has 1 saturated carbocycles. The summed E-state index contributed by atoms with van der Waals surface area (Å²) in [5, 5.41) is 3.33. The topological polar surface area (TPSA) is 58.6 Å². The minimum Gasteiger partial charge on any atom is -0.379 e. The smallest absolute Gasteiger partial charge is 0.151 e. The van der Waals surface area contributed by atoms with Crippen molar-refractivity contribution >= 4 is 9.84 Å². The number of hydrogen-bond donors (Lipinski definition) is 1. The van der Waals surface area contributed by atoms with Gasteiger partial charge in [-0.2, -0.15) is 0 Å². The highest BCUT2D eigenvalue weighted by atomic mass is 32.2.